The molecule has 0 bridgehead atoms. The molecule has 0 fully saturated rings. The van der Waals surface area contributed by atoms with Crippen LogP contribution in [0.2, 0.25) is 0 Å². The van der Waals surface area contributed by atoms with Gasteiger partial charge in [0.05, 0.1) is 17.6 Å². The highest BCUT2D eigenvalue weighted by atomic mass is 16.7. The van der Waals surface area contributed by atoms with Gasteiger partial charge in [-0.25, -0.2) is 15.0 Å². The van der Waals surface area contributed by atoms with E-state index in [4.69, 9.17) is 19.4 Å². The third-order valence-corrected chi connectivity index (χ3v) is 5.42. The lowest BCUT2D eigenvalue weighted by atomic mass is 10.2. The number of benzene rings is 2. The average molecular weight is 411 g/mol. The Labute approximate surface area is 176 Å². The lowest BCUT2D eigenvalue weighted by Gasteiger charge is -2.08. The van der Waals surface area contributed by atoms with Crippen molar-refractivity contribution in [3.8, 4) is 11.5 Å². The van der Waals surface area contributed by atoms with E-state index in [2.05, 4.69) is 11.6 Å². The summed E-state index contributed by atoms with van der Waals surface area (Å²) in [6, 6.07) is 13.4. The molecular formula is C23H17N5O3. The molecule has 0 amide bonds. The first kappa shape index (κ1) is 17.6. The van der Waals surface area contributed by atoms with Crippen molar-refractivity contribution in [1.82, 2.24) is 24.1 Å². The Kier molecular flexibility index (Phi) is 3.79. The first-order chi connectivity index (χ1) is 15.2. The molecular weight excluding hydrogens is 394 g/mol. The van der Waals surface area contributed by atoms with Gasteiger partial charge in [-0.15, -0.1) is 6.58 Å². The van der Waals surface area contributed by atoms with Crippen LogP contribution in [0.25, 0.3) is 33.2 Å². The predicted molar refractivity (Wildman–Crippen MR) is 116 cm³/mol. The van der Waals surface area contributed by atoms with Crippen molar-refractivity contribution in [2.24, 2.45) is 0 Å². The van der Waals surface area contributed by atoms with Crippen LogP contribution in [0, 0.1) is 0 Å². The van der Waals surface area contributed by atoms with Crippen LogP contribution < -0.4 is 15.0 Å². The molecule has 8 heteroatoms. The van der Waals surface area contributed by atoms with Gasteiger partial charge in [0.1, 0.15) is 17.2 Å². The first-order valence-electron chi connectivity index (χ1n) is 9.86. The maximum Gasteiger partial charge on any atom is 0.265 e. The van der Waals surface area contributed by atoms with Gasteiger partial charge in [-0.2, -0.15) is 0 Å². The van der Waals surface area contributed by atoms with Crippen molar-refractivity contribution in [1.29, 1.82) is 0 Å². The zero-order valence-electron chi connectivity index (χ0n) is 16.5. The van der Waals surface area contributed by atoms with Crippen LogP contribution in [-0.2, 0) is 13.1 Å². The summed E-state index contributed by atoms with van der Waals surface area (Å²) in [5, 5.41) is 0.457. The SMILES string of the molecule is C=CCn1cnc2c(c1=O)c1nc3ccccc3nc1n2Cc1ccc2c(c1)OCO2. The standard InChI is InChI=1S/C23H17N5O3/c1-2-9-27-12-24-21-19(23(27)29)20-22(26-16-6-4-3-5-15(16)25-20)28(21)11-14-7-8-17-18(10-14)31-13-30-17/h2-8,10,12H,1,9,11,13H2. The monoisotopic (exact) mass is 411 g/mol. The molecule has 6 rings (SSSR count). The maximum atomic E-state index is 13.2. The number of hydrogen-bond acceptors (Lipinski definition) is 6. The third kappa shape index (κ3) is 2.68. The van der Waals surface area contributed by atoms with Gasteiger partial charge in [0, 0.05) is 6.54 Å². The van der Waals surface area contributed by atoms with Crippen molar-refractivity contribution < 1.29 is 9.47 Å². The lowest BCUT2D eigenvalue weighted by molar-refractivity contribution is 0.174. The molecule has 3 aromatic heterocycles. The van der Waals surface area contributed by atoms with E-state index in [-0.39, 0.29) is 12.4 Å². The summed E-state index contributed by atoms with van der Waals surface area (Å²) >= 11 is 0. The summed E-state index contributed by atoms with van der Waals surface area (Å²) in [7, 11) is 0. The van der Waals surface area contributed by atoms with E-state index in [0.29, 0.717) is 41.0 Å². The molecule has 1 aliphatic heterocycles. The van der Waals surface area contributed by atoms with E-state index >= 15 is 0 Å². The Bertz CT molecular complexity index is 1570. The number of hydrogen-bond donors (Lipinski definition) is 0. The van der Waals surface area contributed by atoms with Gasteiger partial charge in [0.2, 0.25) is 6.79 Å². The second-order valence-corrected chi connectivity index (χ2v) is 7.35. The lowest BCUT2D eigenvalue weighted by Crippen LogP contribution is -2.20. The Morgan fingerprint density at radius 1 is 1.03 bits per heavy atom. The van der Waals surface area contributed by atoms with Crippen LogP contribution >= 0.6 is 0 Å². The molecule has 31 heavy (non-hydrogen) atoms. The molecule has 0 N–H and O–H groups in total. The molecule has 0 atom stereocenters. The summed E-state index contributed by atoms with van der Waals surface area (Å²) in [6.07, 6.45) is 3.21. The third-order valence-electron chi connectivity index (χ3n) is 5.42. The highest BCUT2D eigenvalue weighted by Crippen LogP contribution is 2.33. The quantitative estimate of drug-likeness (QED) is 0.422. The second kappa shape index (κ2) is 6.66. The largest absolute Gasteiger partial charge is 0.454 e. The molecule has 152 valence electrons. The topological polar surface area (TPSA) is 84.1 Å². The molecule has 8 nitrogen and oxygen atoms in total. The van der Waals surface area contributed by atoms with Gasteiger partial charge < -0.3 is 14.0 Å². The minimum Gasteiger partial charge on any atom is -0.454 e. The minimum absolute atomic E-state index is 0.163. The Morgan fingerprint density at radius 2 is 1.84 bits per heavy atom. The molecule has 0 spiro atoms. The number of fused-ring (bicyclic) bond motifs is 5. The Balaban J connectivity index is 1.64. The van der Waals surface area contributed by atoms with Crippen molar-refractivity contribution in [2.45, 2.75) is 13.1 Å². The summed E-state index contributed by atoms with van der Waals surface area (Å²) in [6.45, 7) is 4.78. The number of allylic oxidation sites excluding steroid dienone is 1. The van der Waals surface area contributed by atoms with E-state index in [1.807, 2.05) is 47.0 Å². The van der Waals surface area contributed by atoms with Crippen LogP contribution in [0.15, 0.2) is 66.2 Å². The summed E-state index contributed by atoms with van der Waals surface area (Å²) in [5.41, 5.74) is 4.02. The smallest absolute Gasteiger partial charge is 0.265 e. The fourth-order valence-corrected chi connectivity index (χ4v) is 3.98. The van der Waals surface area contributed by atoms with Gasteiger partial charge in [0.15, 0.2) is 22.8 Å². The molecule has 0 aliphatic carbocycles. The van der Waals surface area contributed by atoms with E-state index in [9.17, 15) is 4.79 Å². The zero-order chi connectivity index (χ0) is 20.9. The van der Waals surface area contributed by atoms with Crippen molar-refractivity contribution >= 4 is 33.2 Å². The fourth-order valence-electron chi connectivity index (χ4n) is 3.98. The summed E-state index contributed by atoms with van der Waals surface area (Å²) in [5.74, 6) is 1.43. The number of para-hydroxylation sites is 2. The molecule has 0 saturated heterocycles. The first-order valence-corrected chi connectivity index (χ1v) is 9.86. The molecule has 2 aromatic carbocycles. The summed E-state index contributed by atoms with van der Waals surface area (Å²) < 4.78 is 14.4. The number of rotatable bonds is 4. The van der Waals surface area contributed by atoms with Crippen molar-refractivity contribution in [2.75, 3.05) is 6.79 Å². The number of ether oxygens (including phenoxy) is 2. The van der Waals surface area contributed by atoms with E-state index in [0.717, 1.165) is 22.3 Å². The number of aromatic nitrogens is 5. The van der Waals surface area contributed by atoms with Crippen LogP contribution in [0.5, 0.6) is 11.5 Å². The van der Waals surface area contributed by atoms with Crippen LogP contribution in [0.4, 0.5) is 0 Å². The van der Waals surface area contributed by atoms with Gasteiger partial charge in [-0.05, 0) is 29.8 Å². The van der Waals surface area contributed by atoms with E-state index < -0.39 is 0 Å². The minimum atomic E-state index is -0.163. The molecule has 4 heterocycles. The molecule has 1 aliphatic rings. The van der Waals surface area contributed by atoms with E-state index in [1.54, 1.807) is 12.4 Å². The molecule has 0 saturated carbocycles. The van der Waals surface area contributed by atoms with Crippen LogP contribution in [0.1, 0.15) is 5.56 Å². The summed E-state index contributed by atoms with van der Waals surface area (Å²) in [4.78, 5) is 27.5. The zero-order valence-corrected chi connectivity index (χ0v) is 16.5. The van der Waals surface area contributed by atoms with E-state index in [1.165, 1.54) is 4.57 Å². The van der Waals surface area contributed by atoms with Gasteiger partial charge in [0.25, 0.3) is 5.56 Å². The van der Waals surface area contributed by atoms with Crippen molar-refractivity contribution in [3.05, 3.63) is 77.4 Å². The molecule has 5 aromatic rings. The van der Waals surface area contributed by atoms with Crippen LogP contribution in [0.3, 0.4) is 0 Å². The van der Waals surface area contributed by atoms with Gasteiger partial charge in [-0.1, -0.05) is 24.3 Å². The second-order valence-electron chi connectivity index (χ2n) is 7.35. The van der Waals surface area contributed by atoms with Crippen LogP contribution in [-0.4, -0.2) is 30.9 Å². The highest BCUT2D eigenvalue weighted by molar-refractivity contribution is 6.04. The predicted octanol–water partition coefficient (Wildman–Crippen LogP) is 3.26. The highest BCUT2D eigenvalue weighted by Gasteiger charge is 2.21. The average Bonchev–Trinajstić information content (AvgIpc) is 3.37. The Morgan fingerprint density at radius 3 is 2.68 bits per heavy atom. The van der Waals surface area contributed by atoms with Gasteiger partial charge in [-0.3, -0.25) is 9.36 Å². The molecule has 0 radical (unpaired) electrons. The maximum absolute atomic E-state index is 13.2. The van der Waals surface area contributed by atoms with Gasteiger partial charge >= 0.3 is 0 Å². The fraction of sp³-hybridized carbons (Fsp3) is 0.130. The molecule has 0 unspecified atom stereocenters. The normalized spacial score (nSPS) is 12.8. The Hall–Kier alpha value is -4.20. The van der Waals surface area contributed by atoms with Crippen molar-refractivity contribution in [3.63, 3.8) is 0 Å². The number of nitrogens with zero attached hydrogens (tertiary/aromatic N) is 5.